The predicted molar refractivity (Wildman–Crippen MR) is 132 cm³/mol. The average molecular weight is 422 g/mol. The molecule has 0 heterocycles. The van der Waals surface area contributed by atoms with Crippen LogP contribution in [0.15, 0.2) is 66.8 Å². The van der Waals surface area contributed by atoms with Gasteiger partial charge in [0.05, 0.1) is 11.4 Å². The quantitative estimate of drug-likeness (QED) is 0.366. The summed E-state index contributed by atoms with van der Waals surface area (Å²) in [6.07, 6.45) is 13.0. The van der Waals surface area contributed by atoms with Gasteiger partial charge >= 0.3 is 0 Å². The Morgan fingerprint density at radius 2 is 1.45 bits per heavy atom. The number of para-hydroxylation sites is 1. The number of benzene rings is 1. The molecule has 0 fully saturated rings. The highest BCUT2D eigenvalue weighted by Gasteiger charge is 2.22. The van der Waals surface area contributed by atoms with Gasteiger partial charge in [0, 0.05) is 6.54 Å². The molecule has 1 rings (SSSR count). The van der Waals surface area contributed by atoms with Crippen LogP contribution in [0.1, 0.15) is 73.6 Å². The van der Waals surface area contributed by atoms with E-state index in [4.69, 9.17) is 0 Å². The molecule has 0 spiro atoms. The van der Waals surface area contributed by atoms with Crippen molar-refractivity contribution in [3.63, 3.8) is 0 Å². The number of allylic oxidation sites excluding steroid dienone is 4. The molecule has 0 atom stereocenters. The molecule has 166 valence electrons. The molecule has 0 aromatic heterocycles. The molecule has 0 bridgehead atoms. The topological polar surface area (TPSA) is 37.4 Å². The number of hydrogen-bond donors (Lipinski definition) is 0. The van der Waals surface area contributed by atoms with Crippen LogP contribution in [0.3, 0.4) is 0 Å². The summed E-state index contributed by atoms with van der Waals surface area (Å²) >= 11 is 0. The van der Waals surface area contributed by atoms with Gasteiger partial charge in [0.25, 0.3) is 0 Å². The minimum Gasteiger partial charge on any atom is -0.270 e. The predicted octanol–water partition coefficient (Wildman–Crippen LogP) is 7.53. The minimum absolute atomic E-state index is 0.0295. The zero-order valence-electron chi connectivity index (χ0n) is 19.5. The van der Waals surface area contributed by atoms with Gasteiger partial charge in [-0.15, -0.1) is 0 Å². The summed E-state index contributed by atoms with van der Waals surface area (Å²) in [7, 11) is -3.42. The van der Waals surface area contributed by atoms with Crippen molar-refractivity contribution in [1.82, 2.24) is 0 Å². The lowest BCUT2D eigenvalue weighted by Crippen LogP contribution is -2.34. The maximum atomic E-state index is 12.7. The Morgan fingerprint density at radius 1 is 0.931 bits per heavy atom. The van der Waals surface area contributed by atoms with Crippen molar-refractivity contribution in [2.45, 2.75) is 73.6 Å². The van der Waals surface area contributed by atoms with Gasteiger partial charge in [-0.2, -0.15) is 0 Å². The van der Waals surface area contributed by atoms with Crippen LogP contribution in [0.4, 0.5) is 5.69 Å². The van der Waals surface area contributed by atoms with Crippen molar-refractivity contribution < 1.29 is 8.42 Å². The molecule has 0 aliphatic carbocycles. The number of anilines is 1. The molecule has 1 aromatic carbocycles. The Kier molecular flexibility index (Phi) is 19.8. The second-order valence-corrected chi connectivity index (χ2v) is 8.53. The summed E-state index contributed by atoms with van der Waals surface area (Å²) in [6, 6.07) is 9.21. The Hall–Kier alpha value is -1.81. The van der Waals surface area contributed by atoms with Gasteiger partial charge in [-0.1, -0.05) is 109 Å². The van der Waals surface area contributed by atoms with Gasteiger partial charge in [0.2, 0.25) is 10.0 Å². The third-order valence-electron chi connectivity index (χ3n) is 3.87. The number of hydrogen-bond acceptors (Lipinski definition) is 2. The second-order valence-electron chi connectivity index (χ2n) is 6.64. The summed E-state index contributed by atoms with van der Waals surface area (Å²) in [5.41, 5.74) is 1.43. The molecule has 0 aliphatic heterocycles. The van der Waals surface area contributed by atoms with Gasteiger partial charge in [-0.25, -0.2) is 8.42 Å². The molecule has 0 saturated heterocycles. The van der Waals surface area contributed by atoms with E-state index in [1.807, 2.05) is 50.3 Å². The van der Waals surface area contributed by atoms with Crippen LogP contribution in [0.2, 0.25) is 0 Å². The molecule has 0 N–H and O–H groups in total. The van der Waals surface area contributed by atoms with Crippen molar-refractivity contribution in [2.24, 2.45) is 0 Å². The molecule has 0 amide bonds. The van der Waals surface area contributed by atoms with Gasteiger partial charge in [0.15, 0.2) is 0 Å². The van der Waals surface area contributed by atoms with Crippen molar-refractivity contribution in [2.75, 3.05) is 16.6 Å². The first-order chi connectivity index (χ1) is 13.9. The first kappa shape index (κ1) is 29.4. The van der Waals surface area contributed by atoms with Crippen molar-refractivity contribution in [1.29, 1.82) is 0 Å². The monoisotopic (exact) mass is 421 g/mol. The van der Waals surface area contributed by atoms with Crippen molar-refractivity contribution in [3.05, 3.63) is 66.8 Å². The fourth-order valence-electron chi connectivity index (χ4n) is 2.03. The summed E-state index contributed by atoms with van der Waals surface area (Å²) in [6.45, 7) is 16.7. The van der Waals surface area contributed by atoms with Crippen LogP contribution in [0, 0.1) is 0 Å². The number of nitrogens with zero attached hydrogens (tertiary/aromatic N) is 1. The van der Waals surface area contributed by atoms with E-state index in [-0.39, 0.29) is 5.75 Å². The van der Waals surface area contributed by atoms with Crippen LogP contribution in [0.25, 0.3) is 0 Å². The Morgan fingerprint density at radius 3 is 1.83 bits per heavy atom. The zero-order chi connectivity index (χ0) is 22.5. The number of sulfonamides is 1. The Balaban J connectivity index is 0. The highest BCUT2D eigenvalue weighted by atomic mass is 32.2. The third-order valence-corrected chi connectivity index (χ3v) is 5.63. The molecule has 0 saturated carbocycles. The van der Waals surface area contributed by atoms with Crippen LogP contribution < -0.4 is 4.31 Å². The number of unbranched alkanes of at least 4 members (excludes halogenated alkanes) is 2. The van der Waals surface area contributed by atoms with Gasteiger partial charge < -0.3 is 0 Å². The highest BCUT2D eigenvalue weighted by Crippen LogP contribution is 2.20. The molecule has 0 radical (unpaired) electrons. The smallest absolute Gasteiger partial charge is 0.239 e. The fourth-order valence-corrected chi connectivity index (χ4v) is 3.71. The molecule has 4 heteroatoms. The lowest BCUT2D eigenvalue weighted by molar-refractivity contribution is 0.592. The normalized spacial score (nSPS) is 11.2. The van der Waals surface area contributed by atoms with E-state index in [1.54, 1.807) is 18.2 Å². The van der Waals surface area contributed by atoms with E-state index in [9.17, 15) is 8.42 Å². The first-order valence-corrected chi connectivity index (χ1v) is 12.5. The van der Waals surface area contributed by atoms with Crippen LogP contribution >= 0.6 is 0 Å². The van der Waals surface area contributed by atoms with Gasteiger partial charge in [-0.05, 0) is 31.1 Å². The molecule has 3 nitrogen and oxygen atoms in total. The maximum absolute atomic E-state index is 12.7. The molecule has 1 aromatic rings. The van der Waals surface area contributed by atoms with Crippen LogP contribution in [-0.4, -0.2) is 20.7 Å². The number of rotatable bonds is 10. The van der Waals surface area contributed by atoms with Crippen molar-refractivity contribution in [3.8, 4) is 0 Å². The van der Waals surface area contributed by atoms with E-state index in [0.717, 1.165) is 12.0 Å². The molecule has 29 heavy (non-hydrogen) atoms. The SMILES string of the molecule is C=C/C=C(\C=C/C)CS(=O)(=O)N(CCC)c1ccccc1.CCCC.CCCC. The Bertz CT molecular complexity index is 653. The fraction of sp³-hybridized carbons (Fsp3) is 0.520. The van der Waals surface area contributed by atoms with Crippen LogP contribution in [0.5, 0.6) is 0 Å². The summed E-state index contributed by atoms with van der Waals surface area (Å²) in [5, 5.41) is 0. The second kappa shape index (κ2) is 19.5. The third kappa shape index (κ3) is 14.8. The molecule has 0 unspecified atom stereocenters. The Labute approximate surface area is 181 Å². The first-order valence-electron chi connectivity index (χ1n) is 10.9. The van der Waals surface area contributed by atoms with Gasteiger partial charge in [-0.3, -0.25) is 4.31 Å². The summed E-state index contributed by atoms with van der Waals surface area (Å²) in [4.78, 5) is 0. The maximum Gasteiger partial charge on any atom is 0.239 e. The van der Waals surface area contributed by atoms with E-state index >= 15 is 0 Å². The zero-order valence-corrected chi connectivity index (χ0v) is 20.3. The largest absolute Gasteiger partial charge is 0.270 e. The highest BCUT2D eigenvalue weighted by molar-refractivity contribution is 7.93. The lowest BCUT2D eigenvalue weighted by atomic mass is 10.2. The van der Waals surface area contributed by atoms with Gasteiger partial charge in [0.1, 0.15) is 0 Å². The average Bonchev–Trinajstić information content (AvgIpc) is 2.73. The van der Waals surface area contributed by atoms with E-state index in [1.165, 1.54) is 30.0 Å². The van der Waals surface area contributed by atoms with E-state index < -0.39 is 10.0 Å². The van der Waals surface area contributed by atoms with E-state index in [2.05, 4.69) is 34.3 Å². The van der Waals surface area contributed by atoms with Crippen molar-refractivity contribution >= 4 is 15.7 Å². The lowest BCUT2D eigenvalue weighted by Gasteiger charge is -2.24. The van der Waals surface area contributed by atoms with Crippen LogP contribution in [-0.2, 0) is 10.0 Å². The molecular formula is C25H43NO2S. The van der Waals surface area contributed by atoms with E-state index in [0.29, 0.717) is 12.2 Å². The summed E-state index contributed by atoms with van der Waals surface area (Å²) in [5.74, 6) is -0.0295. The summed E-state index contributed by atoms with van der Waals surface area (Å²) < 4.78 is 26.9. The molecule has 0 aliphatic rings. The minimum atomic E-state index is -3.42. The standard InChI is InChI=1S/C17H23NO2S.2C4H10/c1-4-10-16(11-5-2)15-21(19,20)18(14-6-3)17-12-8-7-9-13-17;2*1-3-4-2/h4-5,7-13H,1,6,14-15H2,2-3H3;2*3-4H2,1-2H3/b11-5-,16-10+;;. The molecular weight excluding hydrogens is 378 g/mol.